The molecule has 7 heteroatoms. The molecule has 0 saturated carbocycles. The number of unbranched alkanes of at least 4 members (excludes halogenated alkanes) is 1. The number of nitrogens with one attached hydrogen (secondary N) is 1. The molecule has 6 nitrogen and oxygen atoms in total. The first-order chi connectivity index (χ1) is 15.0. The quantitative estimate of drug-likeness (QED) is 0.490. The summed E-state index contributed by atoms with van der Waals surface area (Å²) in [5.41, 5.74) is 2.19. The highest BCUT2D eigenvalue weighted by atomic mass is 35.5. The van der Waals surface area contributed by atoms with Crippen molar-refractivity contribution < 1.29 is 14.7 Å². The summed E-state index contributed by atoms with van der Waals surface area (Å²) in [5.74, 6) is -0.589. The van der Waals surface area contributed by atoms with Gasteiger partial charge in [-0.1, -0.05) is 73.5 Å². The first kappa shape index (κ1) is 22.6. The molecule has 1 heterocycles. The summed E-state index contributed by atoms with van der Waals surface area (Å²) in [6, 6.07) is 15.1. The Morgan fingerprint density at radius 1 is 1.13 bits per heavy atom. The van der Waals surface area contributed by atoms with Crippen molar-refractivity contribution in [2.24, 2.45) is 0 Å². The third kappa shape index (κ3) is 5.95. The van der Waals surface area contributed by atoms with E-state index in [2.05, 4.69) is 17.2 Å². The van der Waals surface area contributed by atoms with Crippen molar-refractivity contribution in [3.8, 4) is 0 Å². The Hall–Kier alpha value is -3.12. The molecule has 31 heavy (non-hydrogen) atoms. The molecule has 0 aliphatic carbocycles. The lowest BCUT2D eigenvalue weighted by molar-refractivity contribution is -0.142. The Morgan fingerprint density at radius 2 is 1.84 bits per heavy atom. The van der Waals surface area contributed by atoms with Crippen LogP contribution in [-0.4, -0.2) is 26.5 Å². The molecule has 2 aromatic carbocycles. The number of aromatic nitrogens is 2. The minimum Gasteiger partial charge on any atom is -0.479 e. The number of hydrogen-bond acceptors (Lipinski definition) is 3. The summed E-state index contributed by atoms with van der Waals surface area (Å²) in [4.78, 5) is 29.0. The van der Waals surface area contributed by atoms with E-state index in [0.717, 1.165) is 36.3 Å². The van der Waals surface area contributed by atoms with Gasteiger partial charge in [0.2, 0.25) is 5.91 Å². The maximum atomic E-state index is 12.8. The number of amides is 1. The molecule has 0 saturated heterocycles. The fourth-order valence-electron chi connectivity index (χ4n) is 3.43. The number of hydrogen-bond donors (Lipinski definition) is 2. The number of carbonyl (C=O) groups is 2. The number of aliphatic carboxylic acids is 1. The Balaban J connectivity index is 1.81. The highest BCUT2D eigenvalue weighted by molar-refractivity contribution is 6.31. The van der Waals surface area contributed by atoms with Gasteiger partial charge < -0.3 is 15.0 Å². The number of carboxylic acids is 1. The van der Waals surface area contributed by atoms with Gasteiger partial charge in [-0.05, 0) is 23.6 Å². The van der Waals surface area contributed by atoms with E-state index in [-0.39, 0.29) is 12.3 Å². The molecule has 3 aromatic rings. The summed E-state index contributed by atoms with van der Waals surface area (Å²) in [5, 5.41) is 12.9. The molecule has 2 N–H and O–H groups in total. The molecule has 1 amide bonds. The van der Waals surface area contributed by atoms with Crippen LogP contribution in [0.2, 0.25) is 5.02 Å². The first-order valence-corrected chi connectivity index (χ1v) is 10.7. The van der Waals surface area contributed by atoms with Gasteiger partial charge in [0, 0.05) is 23.3 Å². The van der Waals surface area contributed by atoms with Crippen LogP contribution in [0.25, 0.3) is 0 Å². The zero-order chi connectivity index (χ0) is 22.2. The van der Waals surface area contributed by atoms with E-state index in [0.29, 0.717) is 17.1 Å². The number of carboxylic acid groups (broad SMARTS) is 1. The fraction of sp³-hybridized carbons (Fsp3) is 0.292. The molecule has 0 radical (unpaired) electrons. The molecule has 0 bridgehead atoms. The van der Waals surface area contributed by atoms with E-state index >= 15 is 0 Å². The summed E-state index contributed by atoms with van der Waals surface area (Å²) in [7, 11) is 0. The zero-order valence-electron chi connectivity index (χ0n) is 17.4. The van der Waals surface area contributed by atoms with Crippen molar-refractivity contribution in [3.05, 3.63) is 88.5 Å². The largest absolute Gasteiger partial charge is 0.479 e. The third-order valence-corrected chi connectivity index (χ3v) is 5.46. The predicted molar refractivity (Wildman–Crippen MR) is 120 cm³/mol. The number of rotatable bonds is 10. The number of imidazole rings is 1. The van der Waals surface area contributed by atoms with E-state index in [1.807, 2.05) is 28.8 Å². The van der Waals surface area contributed by atoms with Gasteiger partial charge in [0.1, 0.15) is 5.82 Å². The van der Waals surface area contributed by atoms with E-state index in [1.54, 1.807) is 36.5 Å². The lowest BCUT2D eigenvalue weighted by atomic mass is 10.1. The van der Waals surface area contributed by atoms with Crippen LogP contribution < -0.4 is 5.32 Å². The topological polar surface area (TPSA) is 84.2 Å². The zero-order valence-corrected chi connectivity index (χ0v) is 18.2. The predicted octanol–water partition coefficient (Wildman–Crippen LogP) is 4.41. The second-order valence-corrected chi connectivity index (χ2v) is 7.78. The fourth-order valence-corrected chi connectivity index (χ4v) is 3.62. The average molecular weight is 440 g/mol. The van der Waals surface area contributed by atoms with Crippen molar-refractivity contribution in [1.29, 1.82) is 0 Å². The lowest BCUT2D eigenvalue weighted by Crippen LogP contribution is -2.35. The van der Waals surface area contributed by atoms with Crippen LogP contribution in [0.15, 0.2) is 60.8 Å². The molecule has 0 aliphatic heterocycles. The smallest absolute Gasteiger partial charge is 0.330 e. The van der Waals surface area contributed by atoms with Gasteiger partial charge >= 0.3 is 5.97 Å². The summed E-state index contributed by atoms with van der Waals surface area (Å²) in [6.07, 6.45) is 4.54. The molecule has 0 aliphatic rings. The minimum absolute atomic E-state index is 0.0280. The van der Waals surface area contributed by atoms with Gasteiger partial charge in [0.05, 0.1) is 13.0 Å². The molecule has 1 aromatic heterocycles. The second kappa shape index (κ2) is 10.8. The molecule has 162 valence electrons. The normalized spacial score (nSPS) is 11.8. The Labute approximate surface area is 186 Å². The van der Waals surface area contributed by atoms with E-state index in [4.69, 9.17) is 11.6 Å². The maximum absolute atomic E-state index is 12.8. The van der Waals surface area contributed by atoms with Gasteiger partial charge in [-0.2, -0.15) is 0 Å². The summed E-state index contributed by atoms with van der Waals surface area (Å²) >= 11 is 6.35. The summed E-state index contributed by atoms with van der Waals surface area (Å²) in [6.45, 7) is 2.62. The molecule has 0 fully saturated rings. The van der Waals surface area contributed by atoms with Gasteiger partial charge in [-0.3, -0.25) is 4.79 Å². The maximum Gasteiger partial charge on any atom is 0.330 e. The Kier molecular flexibility index (Phi) is 7.84. The second-order valence-electron chi connectivity index (χ2n) is 7.37. The SMILES string of the molecule is CCCCc1ncc(CC(=O)N[C@H](C(=O)O)c2ccccc2)n1Cc1ccccc1Cl. The molecule has 0 spiro atoms. The van der Waals surface area contributed by atoms with Crippen molar-refractivity contribution in [3.63, 3.8) is 0 Å². The third-order valence-electron chi connectivity index (χ3n) is 5.09. The first-order valence-electron chi connectivity index (χ1n) is 10.3. The molecular weight excluding hydrogens is 414 g/mol. The van der Waals surface area contributed by atoms with Crippen LogP contribution in [-0.2, 0) is 29.0 Å². The Bertz CT molecular complexity index is 1030. The number of halogens is 1. The van der Waals surface area contributed by atoms with Crippen molar-refractivity contribution in [1.82, 2.24) is 14.9 Å². The van der Waals surface area contributed by atoms with Crippen LogP contribution >= 0.6 is 11.6 Å². The highest BCUT2D eigenvalue weighted by Gasteiger charge is 2.23. The minimum atomic E-state index is -1.10. The van der Waals surface area contributed by atoms with Gasteiger partial charge in [-0.25, -0.2) is 9.78 Å². The lowest BCUT2D eigenvalue weighted by Gasteiger charge is -2.16. The number of benzene rings is 2. The van der Waals surface area contributed by atoms with Crippen LogP contribution in [0.5, 0.6) is 0 Å². The van der Waals surface area contributed by atoms with Gasteiger partial charge in [0.15, 0.2) is 6.04 Å². The molecule has 3 rings (SSSR count). The monoisotopic (exact) mass is 439 g/mol. The molecule has 0 unspecified atom stereocenters. The van der Waals surface area contributed by atoms with Crippen molar-refractivity contribution in [2.75, 3.05) is 0 Å². The molecule has 1 atom stereocenters. The van der Waals surface area contributed by atoms with E-state index < -0.39 is 12.0 Å². The average Bonchev–Trinajstić information content (AvgIpc) is 3.13. The Morgan fingerprint density at radius 3 is 2.52 bits per heavy atom. The van der Waals surface area contributed by atoms with Crippen LogP contribution in [0.1, 0.15) is 48.5 Å². The standard InChI is InChI=1S/C24H26ClN3O3/c1-2-3-13-21-26-15-19(28(21)16-18-11-7-8-12-20(18)25)14-22(29)27-23(24(30)31)17-9-5-4-6-10-17/h4-12,15,23H,2-3,13-14,16H2,1H3,(H,27,29)(H,30,31)/t23-/m0/s1. The molecular formula is C24H26ClN3O3. The van der Waals surface area contributed by atoms with E-state index in [1.165, 1.54) is 0 Å². The number of aryl methyl sites for hydroxylation is 1. The van der Waals surface area contributed by atoms with Crippen LogP contribution in [0, 0.1) is 0 Å². The van der Waals surface area contributed by atoms with Gasteiger partial charge in [0.25, 0.3) is 0 Å². The summed E-state index contributed by atoms with van der Waals surface area (Å²) < 4.78 is 2.01. The van der Waals surface area contributed by atoms with Gasteiger partial charge in [-0.15, -0.1) is 0 Å². The van der Waals surface area contributed by atoms with Crippen molar-refractivity contribution >= 4 is 23.5 Å². The van der Waals surface area contributed by atoms with E-state index in [9.17, 15) is 14.7 Å². The van der Waals surface area contributed by atoms with Crippen LogP contribution in [0.4, 0.5) is 0 Å². The van der Waals surface area contributed by atoms with Crippen LogP contribution in [0.3, 0.4) is 0 Å². The number of carbonyl (C=O) groups excluding carboxylic acids is 1. The number of nitrogens with zero attached hydrogens (tertiary/aromatic N) is 2. The highest BCUT2D eigenvalue weighted by Crippen LogP contribution is 2.20. The van der Waals surface area contributed by atoms with Crippen molar-refractivity contribution in [2.45, 2.75) is 45.2 Å².